The molecule has 0 amide bonds. The fourth-order valence-electron chi connectivity index (χ4n) is 1.46. The first-order valence-corrected chi connectivity index (χ1v) is 6.98. The highest BCUT2D eigenvalue weighted by Gasteiger charge is 2.24. The van der Waals surface area contributed by atoms with E-state index in [1.807, 2.05) is 0 Å². The van der Waals surface area contributed by atoms with Gasteiger partial charge >= 0.3 is 0 Å². The second-order valence-corrected chi connectivity index (χ2v) is 5.37. The maximum Gasteiger partial charge on any atom is 0.294 e. The van der Waals surface area contributed by atoms with Crippen LogP contribution in [0.2, 0.25) is 0 Å². The summed E-state index contributed by atoms with van der Waals surface area (Å²) in [5, 5.41) is 19.4. The summed E-state index contributed by atoms with van der Waals surface area (Å²) in [5.74, 6) is 0.353. The van der Waals surface area contributed by atoms with Crippen molar-refractivity contribution >= 4 is 22.7 Å². The minimum Gasteiger partial charge on any atom is -0.390 e. The Hall–Kier alpha value is -0.600. The third kappa shape index (κ3) is 3.68. The van der Waals surface area contributed by atoms with E-state index < -0.39 is 27.2 Å². The quantitative estimate of drug-likeness (QED) is 0.468. The second kappa shape index (κ2) is 5.83. The Balaban J connectivity index is 3.14. The van der Waals surface area contributed by atoms with Crippen molar-refractivity contribution in [1.29, 1.82) is 0 Å². The highest BCUT2D eigenvalue weighted by Crippen LogP contribution is 2.25. The van der Waals surface area contributed by atoms with E-state index in [0.717, 1.165) is 0 Å². The summed E-state index contributed by atoms with van der Waals surface area (Å²) < 4.78 is 31.2. The first kappa shape index (κ1) is 14.5. The Labute approximate surface area is 105 Å². The average molecular weight is 278 g/mol. The lowest BCUT2D eigenvalue weighted by atomic mass is 10.0. The molecule has 0 spiro atoms. The number of aliphatic hydroxyl groups excluding tert-OH is 2. The van der Waals surface area contributed by atoms with Crippen LogP contribution in [0.3, 0.4) is 0 Å². The van der Waals surface area contributed by atoms with Crippen LogP contribution in [0.1, 0.15) is 18.1 Å². The van der Waals surface area contributed by atoms with Crippen molar-refractivity contribution < 1.29 is 23.2 Å². The molecule has 2 atom stereocenters. The van der Waals surface area contributed by atoms with Crippen LogP contribution >= 0.6 is 12.6 Å². The summed E-state index contributed by atoms with van der Waals surface area (Å²) in [7, 11) is -4.42. The lowest BCUT2D eigenvalue weighted by Gasteiger charge is -2.19. The Morgan fingerprint density at radius 1 is 1.24 bits per heavy atom. The molecule has 1 aromatic rings. The molecule has 0 fully saturated rings. The van der Waals surface area contributed by atoms with Gasteiger partial charge in [0.05, 0.1) is 11.0 Å². The van der Waals surface area contributed by atoms with Crippen LogP contribution in [-0.4, -0.2) is 35.0 Å². The zero-order valence-corrected chi connectivity index (χ0v) is 10.6. The Kier molecular flexibility index (Phi) is 4.96. The predicted octanol–water partition coefficient (Wildman–Crippen LogP) is 0.647. The SMILES string of the molecule is O=S(=O)(O)c1ccccc1C(O)C(O)CCS. The van der Waals surface area contributed by atoms with Crippen LogP contribution in [-0.2, 0) is 10.1 Å². The van der Waals surface area contributed by atoms with Crippen LogP contribution in [0.25, 0.3) is 0 Å². The minimum absolute atomic E-state index is 0.0238. The fraction of sp³-hybridized carbons (Fsp3) is 0.400. The summed E-state index contributed by atoms with van der Waals surface area (Å²) in [6.45, 7) is 0. The highest BCUT2D eigenvalue weighted by atomic mass is 32.2. The van der Waals surface area contributed by atoms with Gasteiger partial charge in [-0.05, 0) is 18.2 Å². The molecule has 0 radical (unpaired) electrons. The number of rotatable bonds is 5. The summed E-state index contributed by atoms with van der Waals surface area (Å²) in [4.78, 5) is -0.397. The van der Waals surface area contributed by atoms with Crippen LogP contribution in [0.15, 0.2) is 29.2 Å². The van der Waals surface area contributed by atoms with Gasteiger partial charge < -0.3 is 10.2 Å². The maximum absolute atomic E-state index is 11.1. The average Bonchev–Trinajstić information content (AvgIpc) is 2.27. The van der Waals surface area contributed by atoms with Crippen LogP contribution in [0, 0.1) is 0 Å². The molecule has 1 aromatic carbocycles. The normalized spacial score (nSPS) is 15.5. The van der Waals surface area contributed by atoms with Gasteiger partial charge in [-0.3, -0.25) is 4.55 Å². The predicted molar refractivity (Wildman–Crippen MR) is 65.7 cm³/mol. The molecule has 0 aliphatic rings. The minimum atomic E-state index is -4.42. The monoisotopic (exact) mass is 278 g/mol. The molecule has 3 N–H and O–H groups in total. The Morgan fingerprint density at radius 2 is 1.82 bits per heavy atom. The second-order valence-electron chi connectivity index (χ2n) is 3.54. The summed E-state index contributed by atoms with van der Waals surface area (Å²) in [6, 6.07) is 5.45. The van der Waals surface area contributed by atoms with Crippen molar-refractivity contribution in [2.45, 2.75) is 23.5 Å². The van der Waals surface area contributed by atoms with Gasteiger partial charge in [0.15, 0.2) is 0 Å². The lowest BCUT2D eigenvalue weighted by Crippen LogP contribution is -2.20. The van der Waals surface area contributed by atoms with E-state index in [4.69, 9.17) is 4.55 Å². The topological polar surface area (TPSA) is 94.8 Å². The smallest absolute Gasteiger partial charge is 0.294 e. The molecular formula is C10H14O5S2. The standard InChI is InChI=1S/C10H14O5S2/c11-8(5-6-16)10(12)7-3-1-2-4-9(7)17(13,14)15/h1-4,8,10-12,16H,5-6H2,(H,13,14,15). The van der Waals surface area contributed by atoms with Crippen molar-refractivity contribution in [3.63, 3.8) is 0 Å². The number of thiol groups is 1. The molecule has 0 aliphatic carbocycles. The fourth-order valence-corrected chi connectivity index (χ4v) is 2.46. The number of hydrogen-bond donors (Lipinski definition) is 4. The Bertz CT molecular complexity index is 471. The van der Waals surface area contributed by atoms with Gasteiger partial charge in [-0.15, -0.1) is 0 Å². The first-order valence-electron chi connectivity index (χ1n) is 4.91. The molecule has 0 heterocycles. The molecule has 17 heavy (non-hydrogen) atoms. The van der Waals surface area contributed by atoms with Crippen LogP contribution in [0.5, 0.6) is 0 Å². The Morgan fingerprint density at radius 3 is 2.35 bits per heavy atom. The largest absolute Gasteiger partial charge is 0.390 e. The van der Waals surface area contributed by atoms with Crippen molar-refractivity contribution in [2.75, 3.05) is 5.75 Å². The van der Waals surface area contributed by atoms with Gasteiger partial charge in [0.2, 0.25) is 0 Å². The van der Waals surface area contributed by atoms with E-state index in [1.54, 1.807) is 0 Å². The van der Waals surface area contributed by atoms with Gasteiger partial charge in [0.1, 0.15) is 6.10 Å². The summed E-state index contributed by atoms with van der Waals surface area (Å²) in [6.07, 6.45) is -2.29. The maximum atomic E-state index is 11.1. The van der Waals surface area contributed by atoms with E-state index in [9.17, 15) is 18.6 Å². The highest BCUT2D eigenvalue weighted by molar-refractivity contribution is 7.85. The summed E-state index contributed by atoms with van der Waals surface area (Å²) >= 11 is 3.91. The van der Waals surface area contributed by atoms with Gasteiger partial charge in [-0.1, -0.05) is 18.2 Å². The van der Waals surface area contributed by atoms with Crippen molar-refractivity contribution in [3.8, 4) is 0 Å². The molecular weight excluding hydrogens is 264 g/mol. The van der Waals surface area contributed by atoms with E-state index in [1.165, 1.54) is 24.3 Å². The molecule has 0 aromatic heterocycles. The van der Waals surface area contributed by atoms with Crippen molar-refractivity contribution in [3.05, 3.63) is 29.8 Å². The van der Waals surface area contributed by atoms with Gasteiger partial charge in [0, 0.05) is 5.56 Å². The number of hydrogen-bond acceptors (Lipinski definition) is 5. The lowest BCUT2D eigenvalue weighted by molar-refractivity contribution is 0.0155. The zero-order valence-electron chi connectivity index (χ0n) is 8.89. The molecule has 0 saturated carbocycles. The molecule has 0 saturated heterocycles. The van der Waals surface area contributed by atoms with Crippen molar-refractivity contribution in [2.24, 2.45) is 0 Å². The zero-order chi connectivity index (χ0) is 13.1. The van der Waals surface area contributed by atoms with Gasteiger partial charge in [-0.25, -0.2) is 0 Å². The van der Waals surface area contributed by atoms with E-state index >= 15 is 0 Å². The molecule has 5 nitrogen and oxygen atoms in total. The van der Waals surface area contributed by atoms with E-state index in [2.05, 4.69) is 12.6 Å². The molecule has 1 rings (SSSR count). The van der Waals surface area contributed by atoms with Crippen LogP contribution < -0.4 is 0 Å². The molecule has 2 unspecified atom stereocenters. The summed E-state index contributed by atoms with van der Waals surface area (Å²) in [5.41, 5.74) is -0.0238. The molecule has 0 bridgehead atoms. The number of benzene rings is 1. The van der Waals surface area contributed by atoms with Crippen LogP contribution in [0.4, 0.5) is 0 Å². The third-order valence-corrected chi connectivity index (χ3v) is 3.49. The first-order chi connectivity index (χ1) is 7.88. The molecule has 0 aliphatic heterocycles. The third-order valence-electron chi connectivity index (χ3n) is 2.30. The molecule has 7 heteroatoms. The van der Waals surface area contributed by atoms with E-state index in [-0.39, 0.29) is 12.0 Å². The number of aliphatic hydroxyl groups is 2. The van der Waals surface area contributed by atoms with Gasteiger partial charge in [-0.2, -0.15) is 21.0 Å². The molecule has 96 valence electrons. The van der Waals surface area contributed by atoms with Crippen molar-refractivity contribution in [1.82, 2.24) is 0 Å². The van der Waals surface area contributed by atoms with E-state index in [0.29, 0.717) is 5.75 Å². The van der Waals surface area contributed by atoms with Gasteiger partial charge in [0.25, 0.3) is 10.1 Å².